The summed E-state index contributed by atoms with van der Waals surface area (Å²) in [6, 6.07) is 10.8. The van der Waals surface area contributed by atoms with Crippen molar-refractivity contribution in [2.24, 2.45) is 0 Å². The standard InChI is InChI=1S/C19H20N8O2/c1-13-9-17(24-27(13)16-4-2-3-14(10-16)11-20)22-18(28)25-7-5-15(6-8-25)26-12-21-23-19(26)29/h2-4,9-10,12,15H,5-8H2,1H3,(H,23,29)(H,22,24,28). The van der Waals surface area contributed by atoms with Crippen LogP contribution in [0.5, 0.6) is 0 Å². The predicted molar refractivity (Wildman–Crippen MR) is 105 cm³/mol. The summed E-state index contributed by atoms with van der Waals surface area (Å²) in [5, 5.41) is 22.5. The maximum atomic E-state index is 12.6. The zero-order valence-corrected chi connectivity index (χ0v) is 15.9. The smallest absolute Gasteiger partial charge is 0.324 e. The van der Waals surface area contributed by atoms with Crippen LogP contribution in [0, 0.1) is 18.3 Å². The number of carbonyl (C=O) groups is 1. The van der Waals surface area contributed by atoms with Crippen molar-refractivity contribution < 1.29 is 4.79 Å². The monoisotopic (exact) mass is 392 g/mol. The van der Waals surface area contributed by atoms with Gasteiger partial charge >= 0.3 is 11.7 Å². The van der Waals surface area contributed by atoms with Gasteiger partial charge in [-0.25, -0.2) is 19.4 Å². The quantitative estimate of drug-likeness (QED) is 0.703. The van der Waals surface area contributed by atoms with Crippen LogP contribution in [-0.4, -0.2) is 48.6 Å². The zero-order valence-electron chi connectivity index (χ0n) is 15.9. The average molecular weight is 392 g/mol. The number of likely N-dealkylation sites (tertiary alicyclic amines) is 1. The Morgan fingerprint density at radius 3 is 2.79 bits per heavy atom. The first kappa shape index (κ1) is 18.5. The van der Waals surface area contributed by atoms with Crippen molar-refractivity contribution in [1.29, 1.82) is 5.26 Å². The van der Waals surface area contributed by atoms with E-state index in [2.05, 4.69) is 26.7 Å². The van der Waals surface area contributed by atoms with E-state index in [0.29, 0.717) is 37.3 Å². The molecule has 1 aliphatic heterocycles. The van der Waals surface area contributed by atoms with Gasteiger partial charge in [0.15, 0.2) is 5.82 Å². The third-order valence-corrected chi connectivity index (χ3v) is 5.06. The SMILES string of the molecule is Cc1cc(NC(=O)N2CCC(n3cn[nH]c3=O)CC2)nn1-c1cccc(C#N)c1. The van der Waals surface area contributed by atoms with Crippen molar-refractivity contribution in [1.82, 2.24) is 29.4 Å². The number of aromatic amines is 1. The number of piperidine rings is 1. The summed E-state index contributed by atoms with van der Waals surface area (Å²) in [7, 11) is 0. The minimum absolute atomic E-state index is 0.0409. The van der Waals surface area contributed by atoms with Gasteiger partial charge in [-0.3, -0.25) is 9.88 Å². The Morgan fingerprint density at radius 2 is 2.10 bits per heavy atom. The molecule has 10 heteroatoms. The van der Waals surface area contributed by atoms with Crippen molar-refractivity contribution >= 4 is 11.8 Å². The molecule has 1 fully saturated rings. The molecule has 1 saturated heterocycles. The molecule has 4 rings (SSSR count). The van der Waals surface area contributed by atoms with Crippen molar-refractivity contribution in [3.63, 3.8) is 0 Å². The fourth-order valence-electron chi connectivity index (χ4n) is 3.56. The van der Waals surface area contributed by atoms with Gasteiger partial charge in [-0.05, 0) is 38.0 Å². The third kappa shape index (κ3) is 3.75. The van der Waals surface area contributed by atoms with Crippen LogP contribution in [-0.2, 0) is 0 Å². The maximum Gasteiger partial charge on any atom is 0.343 e. The van der Waals surface area contributed by atoms with Gasteiger partial charge in [0.1, 0.15) is 6.33 Å². The van der Waals surface area contributed by atoms with Crippen LogP contribution >= 0.6 is 0 Å². The molecule has 0 aliphatic carbocycles. The number of carbonyl (C=O) groups excluding carboxylic acids is 1. The number of urea groups is 1. The molecule has 2 aromatic heterocycles. The Kier molecular flexibility index (Phi) is 4.87. The van der Waals surface area contributed by atoms with Crippen molar-refractivity contribution in [2.75, 3.05) is 18.4 Å². The average Bonchev–Trinajstić information content (AvgIpc) is 3.33. The number of aromatic nitrogens is 5. The second-order valence-electron chi connectivity index (χ2n) is 6.96. The van der Waals surface area contributed by atoms with Gasteiger partial charge < -0.3 is 4.90 Å². The van der Waals surface area contributed by atoms with Gasteiger partial charge in [0.05, 0.1) is 17.3 Å². The summed E-state index contributed by atoms with van der Waals surface area (Å²) in [5.41, 5.74) is 1.92. The third-order valence-electron chi connectivity index (χ3n) is 5.06. The first-order valence-corrected chi connectivity index (χ1v) is 9.30. The molecule has 29 heavy (non-hydrogen) atoms. The first-order valence-electron chi connectivity index (χ1n) is 9.30. The molecule has 2 amide bonds. The molecular weight excluding hydrogens is 372 g/mol. The van der Waals surface area contributed by atoms with Crippen molar-refractivity contribution in [2.45, 2.75) is 25.8 Å². The number of nitrogens with zero attached hydrogens (tertiary/aromatic N) is 6. The minimum Gasteiger partial charge on any atom is -0.324 e. The normalized spacial score (nSPS) is 14.6. The molecule has 0 atom stereocenters. The van der Waals surface area contributed by atoms with Crippen LogP contribution < -0.4 is 11.0 Å². The maximum absolute atomic E-state index is 12.6. The number of rotatable bonds is 3. The Balaban J connectivity index is 1.41. The Bertz CT molecular complexity index is 1130. The lowest BCUT2D eigenvalue weighted by molar-refractivity contribution is 0.183. The van der Waals surface area contributed by atoms with E-state index in [-0.39, 0.29) is 17.8 Å². The van der Waals surface area contributed by atoms with Gasteiger partial charge in [-0.15, -0.1) is 5.10 Å². The highest BCUT2D eigenvalue weighted by Crippen LogP contribution is 2.22. The van der Waals surface area contributed by atoms with Crippen molar-refractivity contribution in [3.05, 3.63) is 58.4 Å². The molecule has 1 aliphatic rings. The van der Waals surface area contributed by atoms with E-state index < -0.39 is 0 Å². The zero-order chi connectivity index (χ0) is 20.4. The summed E-state index contributed by atoms with van der Waals surface area (Å²) in [6.45, 7) is 2.96. The van der Waals surface area contributed by atoms with Gasteiger partial charge in [-0.1, -0.05) is 6.07 Å². The lowest BCUT2D eigenvalue weighted by atomic mass is 10.1. The molecule has 1 aromatic carbocycles. The molecule has 0 spiro atoms. The Morgan fingerprint density at radius 1 is 1.31 bits per heavy atom. The molecule has 3 heterocycles. The molecule has 0 saturated carbocycles. The molecule has 3 aromatic rings. The first-order chi connectivity index (χ1) is 14.0. The Hall–Kier alpha value is -3.87. The number of aryl methyl sites for hydroxylation is 1. The molecule has 0 unspecified atom stereocenters. The molecule has 2 N–H and O–H groups in total. The summed E-state index contributed by atoms with van der Waals surface area (Å²) >= 11 is 0. The van der Waals surface area contributed by atoms with Crippen LogP contribution in [0.3, 0.4) is 0 Å². The summed E-state index contributed by atoms with van der Waals surface area (Å²) in [6.07, 6.45) is 2.86. The highest BCUT2D eigenvalue weighted by atomic mass is 16.2. The number of amides is 2. The molecule has 148 valence electrons. The molecular formula is C19H20N8O2. The van der Waals surface area contributed by atoms with Crippen LogP contribution in [0.2, 0.25) is 0 Å². The van der Waals surface area contributed by atoms with Gasteiger partial charge in [0.2, 0.25) is 0 Å². The van der Waals surface area contributed by atoms with E-state index in [1.54, 1.807) is 38.4 Å². The lowest BCUT2D eigenvalue weighted by Crippen LogP contribution is -2.42. The van der Waals surface area contributed by atoms with E-state index in [1.807, 2.05) is 13.0 Å². The number of nitrogens with one attached hydrogen (secondary N) is 2. The largest absolute Gasteiger partial charge is 0.343 e. The highest BCUT2D eigenvalue weighted by molar-refractivity contribution is 5.88. The number of H-pyrrole nitrogens is 1. The van der Waals surface area contributed by atoms with Crippen LogP contribution in [0.1, 0.15) is 30.1 Å². The number of hydrogen-bond acceptors (Lipinski definition) is 5. The lowest BCUT2D eigenvalue weighted by Gasteiger charge is -2.31. The second kappa shape index (κ2) is 7.63. The summed E-state index contributed by atoms with van der Waals surface area (Å²) in [5.74, 6) is 0.447. The molecule has 0 radical (unpaired) electrons. The summed E-state index contributed by atoms with van der Waals surface area (Å²) < 4.78 is 3.27. The number of hydrogen-bond donors (Lipinski definition) is 2. The van der Waals surface area contributed by atoms with E-state index in [1.165, 1.54) is 6.33 Å². The topological polar surface area (TPSA) is 125 Å². The van der Waals surface area contributed by atoms with Crippen molar-refractivity contribution in [3.8, 4) is 11.8 Å². The van der Waals surface area contributed by atoms with Gasteiger partial charge in [0, 0.05) is 30.9 Å². The van der Waals surface area contributed by atoms with Crippen LogP contribution in [0.25, 0.3) is 5.69 Å². The fourth-order valence-corrected chi connectivity index (χ4v) is 3.56. The number of nitriles is 1. The minimum atomic E-state index is -0.227. The van der Waals surface area contributed by atoms with Gasteiger partial charge in [0.25, 0.3) is 0 Å². The molecule has 0 bridgehead atoms. The van der Waals surface area contributed by atoms with Gasteiger partial charge in [-0.2, -0.15) is 10.4 Å². The van der Waals surface area contributed by atoms with Crippen LogP contribution in [0.4, 0.5) is 10.6 Å². The predicted octanol–water partition coefficient (Wildman–Crippen LogP) is 1.81. The highest BCUT2D eigenvalue weighted by Gasteiger charge is 2.25. The van der Waals surface area contributed by atoms with E-state index in [0.717, 1.165) is 11.4 Å². The van der Waals surface area contributed by atoms with Crippen LogP contribution in [0.15, 0.2) is 41.5 Å². The van der Waals surface area contributed by atoms with E-state index in [4.69, 9.17) is 5.26 Å². The summed E-state index contributed by atoms with van der Waals surface area (Å²) in [4.78, 5) is 26.0. The molecule has 10 nitrogen and oxygen atoms in total. The van der Waals surface area contributed by atoms with E-state index in [9.17, 15) is 9.59 Å². The number of anilines is 1. The Labute approximate surface area is 166 Å². The second-order valence-corrected chi connectivity index (χ2v) is 6.96. The van der Waals surface area contributed by atoms with E-state index >= 15 is 0 Å². The number of benzene rings is 1. The fraction of sp³-hybridized carbons (Fsp3) is 0.316.